The minimum Gasteiger partial charge on any atom is -0.479 e. The molecular weight excluding hydrogens is 405 g/mol. The van der Waals surface area contributed by atoms with Crippen LogP contribution in [0.1, 0.15) is 22.0 Å². The lowest BCUT2D eigenvalue weighted by Gasteiger charge is -2.15. The molecule has 0 heterocycles. The zero-order valence-corrected chi connectivity index (χ0v) is 13.6. The van der Waals surface area contributed by atoms with Crippen LogP contribution < -0.4 is 5.32 Å². The molecule has 0 radical (unpaired) electrons. The van der Waals surface area contributed by atoms with Crippen molar-refractivity contribution in [3.05, 3.63) is 68.3 Å². The second-order valence-electron chi connectivity index (χ2n) is 4.28. The minimum atomic E-state index is -1.12. The largest absolute Gasteiger partial charge is 0.479 e. The van der Waals surface area contributed by atoms with Crippen molar-refractivity contribution < 1.29 is 14.7 Å². The summed E-state index contributed by atoms with van der Waals surface area (Å²) < 4.78 is 0.701. The van der Waals surface area contributed by atoms with E-state index in [0.29, 0.717) is 19.7 Å². The molecule has 0 fully saturated rings. The van der Waals surface area contributed by atoms with Crippen molar-refractivity contribution in [3.63, 3.8) is 0 Å². The number of carbonyl (C=O) groups excluding carboxylic acids is 1. The van der Waals surface area contributed by atoms with E-state index < -0.39 is 17.9 Å². The molecule has 2 aromatic carbocycles. The first-order valence-corrected chi connectivity index (χ1v) is 7.48. The van der Waals surface area contributed by atoms with Gasteiger partial charge in [0.2, 0.25) is 0 Å². The molecule has 4 nitrogen and oxygen atoms in total. The van der Waals surface area contributed by atoms with Gasteiger partial charge in [-0.2, -0.15) is 0 Å². The number of aliphatic carboxylic acids is 1. The Morgan fingerprint density at radius 2 is 1.81 bits per heavy atom. The Balaban J connectivity index is 2.27. The third-order valence-corrected chi connectivity index (χ3v) is 4.00. The van der Waals surface area contributed by atoms with E-state index in [1.807, 2.05) is 22.6 Å². The van der Waals surface area contributed by atoms with E-state index in [4.69, 9.17) is 11.6 Å². The van der Waals surface area contributed by atoms with Crippen LogP contribution in [0.15, 0.2) is 48.5 Å². The fourth-order valence-corrected chi connectivity index (χ4v) is 2.57. The van der Waals surface area contributed by atoms with Crippen LogP contribution >= 0.6 is 34.2 Å². The predicted molar refractivity (Wildman–Crippen MR) is 88.5 cm³/mol. The number of rotatable bonds is 4. The molecule has 0 spiro atoms. The smallest absolute Gasteiger partial charge is 0.330 e. The van der Waals surface area contributed by atoms with Crippen LogP contribution in [0.2, 0.25) is 5.02 Å². The highest BCUT2D eigenvalue weighted by Gasteiger charge is 2.23. The SMILES string of the molecule is O=C(N[C@H](C(=O)O)c1ccccc1)c1cc(Cl)ccc1I. The lowest BCUT2D eigenvalue weighted by Crippen LogP contribution is -2.34. The molecule has 0 aliphatic heterocycles. The Morgan fingerprint density at radius 1 is 1.14 bits per heavy atom. The average molecular weight is 416 g/mol. The van der Waals surface area contributed by atoms with Crippen molar-refractivity contribution in [2.75, 3.05) is 0 Å². The van der Waals surface area contributed by atoms with Gasteiger partial charge in [-0.15, -0.1) is 0 Å². The van der Waals surface area contributed by atoms with Crippen LogP contribution in [-0.4, -0.2) is 17.0 Å². The number of halogens is 2. The van der Waals surface area contributed by atoms with Crippen molar-refractivity contribution in [2.45, 2.75) is 6.04 Å². The van der Waals surface area contributed by atoms with Gasteiger partial charge in [0.05, 0.1) is 5.56 Å². The fraction of sp³-hybridized carbons (Fsp3) is 0.0667. The summed E-state index contributed by atoms with van der Waals surface area (Å²) in [6, 6.07) is 12.3. The Morgan fingerprint density at radius 3 is 2.43 bits per heavy atom. The number of nitrogens with one attached hydrogen (secondary N) is 1. The van der Waals surface area contributed by atoms with E-state index in [0.717, 1.165) is 0 Å². The third-order valence-electron chi connectivity index (χ3n) is 2.83. The minimum absolute atomic E-state index is 0.352. The van der Waals surface area contributed by atoms with Gasteiger partial charge in [-0.1, -0.05) is 41.9 Å². The molecule has 0 aliphatic rings. The van der Waals surface area contributed by atoms with Gasteiger partial charge in [-0.05, 0) is 46.4 Å². The standard InChI is InChI=1S/C15H11ClINO3/c16-10-6-7-12(17)11(8-10)14(19)18-13(15(20)21)9-4-2-1-3-5-9/h1-8,13H,(H,18,19)(H,20,21)/t13-/m0/s1. The van der Waals surface area contributed by atoms with Gasteiger partial charge in [-0.25, -0.2) is 4.79 Å². The van der Waals surface area contributed by atoms with Crippen LogP contribution in [0.3, 0.4) is 0 Å². The molecule has 1 atom stereocenters. The maximum atomic E-state index is 12.3. The van der Waals surface area contributed by atoms with Gasteiger partial charge in [0, 0.05) is 8.59 Å². The summed E-state index contributed by atoms with van der Waals surface area (Å²) in [4.78, 5) is 23.6. The topological polar surface area (TPSA) is 66.4 Å². The van der Waals surface area contributed by atoms with Gasteiger partial charge in [0.25, 0.3) is 5.91 Å². The van der Waals surface area contributed by atoms with Gasteiger partial charge in [-0.3, -0.25) is 4.79 Å². The lowest BCUT2D eigenvalue weighted by molar-refractivity contribution is -0.139. The van der Waals surface area contributed by atoms with Crippen LogP contribution in [0.4, 0.5) is 0 Å². The molecule has 2 aromatic rings. The number of amides is 1. The van der Waals surface area contributed by atoms with E-state index in [2.05, 4.69) is 5.32 Å². The first-order chi connectivity index (χ1) is 9.99. The second-order valence-corrected chi connectivity index (χ2v) is 5.88. The Kier molecular flexibility index (Phi) is 5.19. The number of carbonyl (C=O) groups is 2. The van der Waals surface area contributed by atoms with Crippen LogP contribution in [0.5, 0.6) is 0 Å². The fourth-order valence-electron chi connectivity index (χ4n) is 1.81. The number of carboxylic acid groups (broad SMARTS) is 1. The van der Waals surface area contributed by atoms with E-state index in [-0.39, 0.29) is 0 Å². The van der Waals surface area contributed by atoms with E-state index in [9.17, 15) is 14.7 Å². The quantitative estimate of drug-likeness (QED) is 0.751. The van der Waals surface area contributed by atoms with Crippen LogP contribution in [0.25, 0.3) is 0 Å². The second kappa shape index (κ2) is 6.91. The van der Waals surface area contributed by atoms with Crippen LogP contribution in [0, 0.1) is 3.57 Å². The summed E-state index contributed by atoms with van der Waals surface area (Å²) in [7, 11) is 0. The molecule has 21 heavy (non-hydrogen) atoms. The molecule has 0 unspecified atom stereocenters. The van der Waals surface area contributed by atoms with E-state index >= 15 is 0 Å². The van der Waals surface area contributed by atoms with Crippen LogP contribution in [-0.2, 0) is 4.79 Å². The first-order valence-electron chi connectivity index (χ1n) is 6.02. The lowest BCUT2D eigenvalue weighted by atomic mass is 10.1. The molecule has 108 valence electrons. The number of hydrogen-bond acceptors (Lipinski definition) is 2. The van der Waals surface area contributed by atoms with Gasteiger partial charge >= 0.3 is 5.97 Å². The number of hydrogen-bond donors (Lipinski definition) is 2. The summed E-state index contributed by atoms with van der Waals surface area (Å²) in [5.41, 5.74) is 0.862. The van der Waals surface area contributed by atoms with Crippen molar-refractivity contribution in [1.29, 1.82) is 0 Å². The Hall–Kier alpha value is -1.60. The van der Waals surface area contributed by atoms with Crippen molar-refractivity contribution in [3.8, 4) is 0 Å². The highest BCUT2D eigenvalue weighted by Crippen LogP contribution is 2.20. The molecule has 2 N–H and O–H groups in total. The van der Waals surface area contributed by atoms with E-state index in [1.54, 1.807) is 42.5 Å². The molecule has 1 amide bonds. The molecule has 0 aromatic heterocycles. The molecule has 0 bridgehead atoms. The molecule has 6 heteroatoms. The summed E-state index contributed by atoms with van der Waals surface area (Å²) >= 11 is 7.88. The highest BCUT2D eigenvalue weighted by atomic mass is 127. The Bertz CT molecular complexity index is 676. The van der Waals surface area contributed by atoms with Crippen molar-refractivity contribution in [1.82, 2.24) is 5.32 Å². The van der Waals surface area contributed by atoms with Crippen molar-refractivity contribution in [2.24, 2.45) is 0 Å². The van der Waals surface area contributed by atoms with Gasteiger partial charge in [0.1, 0.15) is 0 Å². The monoisotopic (exact) mass is 415 g/mol. The predicted octanol–water partition coefficient (Wildman–Crippen LogP) is 3.50. The number of carboxylic acids is 1. The maximum absolute atomic E-state index is 12.3. The Labute approximate surface area is 140 Å². The summed E-state index contributed by atoms with van der Waals surface area (Å²) in [5, 5.41) is 12.2. The summed E-state index contributed by atoms with van der Waals surface area (Å²) in [5.74, 6) is -1.59. The number of benzene rings is 2. The zero-order valence-electron chi connectivity index (χ0n) is 10.7. The van der Waals surface area contributed by atoms with Gasteiger partial charge in [0.15, 0.2) is 6.04 Å². The van der Waals surface area contributed by atoms with Gasteiger partial charge < -0.3 is 10.4 Å². The zero-order chi connectivity index (χ0) is 15.4. The summed E-state index contributed by atoms with van der Waals surface area (Å²) in [6.45, 7) is 0. The molecular formula is C15H11ClINO3. The third kappa shape index (κ3) is 3.95. The molecule has 0 saturated heterocycles. The first kappa shape index (κ1) is 15.8. The average Bonchev–Trinajstić information content (AvgIpc) is 2.47. The maximum Gasteiger partial charge on any atom is 0.330 e. The normalized spacial score (nSPS) is 11.7. The van der Waals surface area contributed by atoms with Crippen molar-refractivity contribution >= 4 is 46.1 Å². The molecule has 0 saturated carbocycles. The van der Waals surface area contributed by atoms with E-state index in [1.165, 1.54) is 6.07 Å². The molecule has 0 aliphatic carbocycles. The summed E-state index contributed by atoms with van der Waals surface area (Å²) in [6.07, 6.45) is 0. The highest BCUT2D eigenvalue weighted by molar-refractivity contribution is 14.1. The molecule has 2 rings (SSSR count).